The Labute approximate surface area is 88.3 Å². The molecule has 0 aliphatic carbocycles. The van der Waals surface area contributed by atoms with Gasteiger partial charge in [-0.25, -0.2) is 4.68 Å². The van der Waals surface area contributed by atoms with Crippen LogP contribution in [0.25, 0.3) is 0 Å². The van der Waals surface area contributed by atoms with Gasteiger partial charge in [-0.2, -0.15) is 5.10 Å². The maximum absolute atomic E-state index is 10.9. The third kappa shape index (κ3) is 1.58. The van der Waals surface area contributed by atoms with Crippen molar-refractivity contribution in [2.75, 3.05) is 18.5 Å². The molecule has 1 N–H and O–H groups in total. The molecule has 0 fully saturated rings. The molecule has 0 bridgehead atoms. The van der Waals surface area contributed by atoms with Crippen LogP contribution in [0.3, 0.4) is 0 Å². The van der Waals surface area contributed by atoms with Crippen molar-refractivity contribution in [3.05, 3.63) is 11.8 Å². The Balaban J connectivity index is 2.41. The van der Waals surface area contributed by atoms with E-state index >= 15 is 0 Å². The molecule has 0 amide bonds. The Morgan fingerprint density at radius 3 is 3.00 bits per heavy atom. The van der Waals surface area contributed by atoms with E-state index in [1.54, 1.807) is 13.1 Å². The summed E-state index contributed by atoms with van der Waals surface area (Å²) in [6.45, 7) is 3.54. The molecular formula is C10H15N3O2. The van der Waals surface area contributed by atoms with E-state index in [0.29, 0.717) is 0 Å². The van der Waals surface area contributed by atoms with Crippen LogP contribution >= 0.6 is 0 Å². The summed E-state index contributed by atoms with van der Waals surface area (Å²) in [6, 6.07) is 0. The number of aliphatic carboxylic acids is 1. The third-order valence-corrected chi connectivity index (χ3v) is 2.90. The number of hydrogen-bond acceptors (Lipinski definition) is 3. The summed E-state index contributed by atoms with van der Waals surface area (Å²) in [7, 11) is 1.98. The van der Waals surface area contributed by atoms with E-state index < -0.39 is 11.9 Å². The van der Waals surface area contributed by atoms with Crippen molar-refractivity contribution >= 4 is 11.8 Å². The highest BCUT2D eigenvalue weighted by atomic mass is 16.4. The maximum atomic E-state index is 10.9. The van der Waals surface area contributed by atoms with E-state index in [0.717, 1.165) is 30.9 Å². The number of aryl methyl sites for hydroxylation is 1. The average Bonchev–Trinajstić information content (AvgIpc) is 2.61. The minimum atomic E-state index is -0.801. The van der Waals surface area contributed by atoms with E-state index in [9.17, 15) is 4.79 Å². The second kappa shape index (κ2) is 3.56. The fraction of sp³-hybridized carbons (Fsp3) is 0.600. The predicted molar refractivity (Wildman–Crippen MR) is 56.2 cm³/mol. The second-order valence-electron chi connectivity index (χ2n) is 3.98. The molecule has 1 unspecified atom stereocenters. The lowest BCUT2D eigenvalue weighted by atomic mass is 10.0. The minimum Gasteiger partial charge on any atom is -0.481 e. The zero-order valence-electron chi connectivity index (χ0n) is 8.97. The van der Waals surface area contributed by atoms with E-state index in [4.69, 9.17) is 5.11 Å². The van der Waals surface area contributed by atoms with Gasteiger partial charge in [-0.05, 0) is 13.3 Å². The van der Waals surface area contributed by atoms with Crippen molar-refractivity contribution < 1.29 is 9.90 Å². The lowest BCUT2D eigenvalue weighted by Gasteiger charge is -2.27. The number of carboxylic acids is 1. The number of carbonyl (C=O) groups is 1. The highest BCUT2D eigenvalue weighted by Crippen LogP contribution is 2.29. The summed E-state index contributed by atoms with van der Waals surface area (Å²) >= 11 is 0. The first kappa shape index (κ1) is 10.0. The van der Waals surface area contributed by atoms with Crippen LogP contribution in [0.1, 0.15) is 24.8 Å². The number of hydrogen-bond donors (Lipinski definition) is 1. The molecule has 5 nitrogen and oxygen atoms in total. The van der Waals surface area contributed by atoms with Gasteiger partial charge in [0.05, 0.1) is 12.1 Å². The standard InChI is InChI=1S/C10H15N3O2/c1-7(10(14)15)8-6-11-13-5-3-4-12(2)9(8)13/h6-7H,3-5H2,1-2H3,(H,14,15). The number of anilines is 1. The Bertz CT molecular complexity index is 386. The van der Waals surface area contributed by atoms with Gasteiger partial charge in [0.25, 0.3) is 0 Å². The number of carboxylic acid groups (broad SMARTS) is 1. The van der Waals surface area contributed by atoms with E-state index in [2.05, 4.69) is 10.00 Å². The van der Waals surface area contributed by atoms with Gasteiger partial charge in [0, 0.05) is 25.7 Å². The Morgan fingerprint density at radius 2 is 2.33 bits per heavy atom. The van der Waals surface area contributed by atoms with Gasteiger partial charge in [0.2, 0.25) is 0 Å². The van der Waals surface area contributed by atoms with Crippen molar-refractivity contribution in [1.82, 2.24) is 9.78 Å². The fourth-order valence-corrected chi connectivity index (χ4v) is 1.98. The summed E-state index contributed by atoms with van der Waals surface area (Å²) < 4.78 is 1.89. The molecule has 15 heavy (non-hydrogen) atoms. The monoisotopic (exact) mass is 209 g/mol. The topological polar surface area (TPSA) is 58.4 Å². The molecular weight excluding hydrogens is 194 g/mol. The number of fused-ring (bicyclic) bond motifs is 1. The van der Waals surface area contributed by atoms with Gasteiger partial charge in [-0.15, -0.1) is 0 Å². The molecule has 1 atom stereocenters. The van der Waals surface area contributed by atoms with Gasteiger partial charge < -0.3 is 10.0 Å². The summed E-state index contributed by atoms with van der Waals surface area (Å²) in [6.07, 6.45) is 2.74. The maximum Gasteiger partial charge on any atom is 0.310 e. The van der Waals surface area contributed by atoms with Crippen LogP contribution in [0.5, 0.6) is 0 Å². The van der Waals surface area contributed by atoms with Crippen LogP contribution < -0.4 is 4.90 Å². The van der Waals surface area contributed by atoms with Gasteiger partial charge in [0.15, 0.2) is 0 Å². The fourth-order valence-electron chi connectivity index (χ4n) is 1.98. The van der Waals surface area contributed by atoms with Crippen LogP contribution in [0.2, 0.25) is 0 Å². The van der Waals surface area contributed by atoms with Crippen LogP contribution in [0.4, 0.5) is 5.82 Å². The van der Waals surface area contributed by atoms with Crippen LogP contribution in [0.15, 0.2) is 6.20 Å². The molecule has 82 valence electrons. The minimum absolute atomic E-state index is 0.491. The first-order valence-corrected chi connectivity index (χ1v) is 5.11. The highest BCUT2D eigenvalue weighted by Gasteiger charge is 2.25. The Morgan fingerprint density at radius 1 is 1.60 bits per heavy atom. The van der Waals surface area contributed by atoms with Crippen LogP contribution in [-0.2, 0) is 11.3 Å². The van der Waals surface area contributed by atoms with Crippen LogP contribution in [-0.4, -0.2) is 34.4 Å². The van der Waals surface area contributed by atoms with Gasteiger partial charge >= 0.3 is 5.97 Å². The lowest BCUT2D eigenvalue weighted by molar-refractivity contribution is -0.138. The number of aromatic nitrogens is 2. The van der Waals surface area contributed by atoms with Crippen molar-refractivity contribution in [2.45, 2.75) is 25.8 Å². The van der Waals surface area contributed by atoms with Crippen molar-refractivity contribution in [2.24, 2.45) is 0 Å². The zero-order chi connectivity index (χ0) is 11.0. The molecule has 0 saturated heterocycles. The molecule has 0 aromatic carbocycles. The summed E-state index contributed by atoms with van der Waals surface area (Å²) in [5.74, 6) is -0.338. The molecule has 0 radical (unpaired) electrons. The number of rotatable bonds is 2. The van der Waals surface area contributed by atoms with Crippen molar-refractivity contribution in [3.63, 3.8) is 0 Å². The van der Waals surface area contributed by atoms with Crippen LogP contribution in [0, 0.1) is 0 Å². The molecule has 2 rings (SSSR count). The molecule has 0 saturated carbocycles. The first-order chi connectivity index (χ1) is 7.11. The molecule has 5 heteroatoms. The lowest BCUT2D eigenvalue weighted by Crippen LogP contribution is -2.29. The molecule has 1 aromatic heterocycles. The van der Waals surface area contributed by atoms with E-state index in [-0.39, 0.29) is 0 Å². The zero-order valence-corrected chi connectivity index (χ0v) is 8.97. The quantitative estimate of drug-likeness (QED) is 0.786. The molecule has 1 aromatic rings. The largest absolute Gasteiger partial charge is 0.481 e. The molecule has 1 aliphatic heterocycles. The van der Waals surface area contributed by atoms with E-state index in [1.807, 2.05) is 11.7 Å². The Hall–Kier alpha value is -1.52. The number of nitrogens with zero attached hydrogens (tertiary/aromatic N) is 3. The van der Waals surface area contributed by atoms with Crippen molar-refractivity contribution in [1.29, 1.82) is 0 Å². The summed E-state index contributed by atoms with van der Waals surface area (Å²) in [4.78, 5) is 13.0. The van der Waals surface area contributed by atoms with Gasteiger partial charge in [-0.1, -0.05) is 0 Å². The van der Waals surface area contributed by atoms with Gasteiger partial charge in [-0.3, -0.25) is 4.79 Å². The summed E-state index contributed by atoms with van der Waals surface area (Å²) in [5.41, 5.74) is 0.810. The Kier molecular flexibility index (Phi) is 2.38. The SMILES string of the molecule is CC(C(=O)O)c1cnn2c1N(C)CCC2. The predicted octanol–water partition coefficient (Wildman–Crippen LogP) is 0.911. The molecule has 1 aliphatic rings. The summed E-state index contributed by atoms with van der Waals surface area (Å²) in [5, 5.41) is 13.2. The highest BCUT2D eigenvalue weighted by molar-refractivity contribution is 5.77. The first-order valence-electron chi connectivity index (χ1n) is 5.11. The van der Waals surface area contributed by atoms with Gasteiger partial charge in [0.1, 0.15) is 5.82 Å². The molecule has 2 heterocycles. The normalized spacial score (nSPS) is 17.3. The third-order valence-electron chi connectivity index (χ3n) is 2.90. The van der Waals surface area contributed by atoms with E-state index in [1.165, 1.54) is 0 Å². The second-order valence-corrected chi connectivity index (χ2v) is 3.98. The van der Waals surface area contributed by atoms with Crippen molar-refractivity contribution in [3.8, 4) is 0 Å². The molecule has 0 spiro atoms. The smallest absolute Gasteiger partial charge is 0.310 e. The average molecular weight is 209 g/mol.